The average molecular weight is 176 g/mol. The predicted molar refractivity (Wildman–Crippen MR) is 46.1 cm³/mol. The van der Waals surface area contributed by atoms with Gasteiger partial charge in [0.2, 0.25) is 0 Å². The van der Waals surface area contributed by atoms with Crippen molar-refractivity contribution in [1.29, 1.82) is 0 Å². The number of hydrogen-bond acceptors (Lipinski definition) is 3. The van der Waals surface area contributed by atoms with Gasteiger partial charge in [-0.2, -0.15) is 0 Å². The Morgan fingerprint density at radius 3 is 2.64 bits per heavy atom. The third-order valence-corrected chi connectivity index (χ3v) is 1.22. The van der Waals surface area contributed by atoms with Crippen LogP contribution in [0.2, 0.25) is 0 Å². The Bertz CT molecular complexity index is 145. The van der Waals surface area contributed by atoms with Gasteiger partial charge in [-0.1, -0.05) is 6.58 Å². The van der Waals surface area contributed by atoms with Gasteiger partial charge in [0.25, 0.3) is 0 Å². The maximum absolute atomic E-state index is 10.7. The maximum atomic E-state index is 10.7. The van der Waals surface area contributed by atoms with E-state index in [1.165, 1.54) is 0 Å². The Kier molecular flexibility index (Phi) is 6.09. The minimum Gasteiger partial charge on any atom is -0.462 e. The highest BCUT2D eigenvalue weighted by Crippen LogP contribution is 1.94. The van der Waals surface area contributed by atoms with E-state index in [4.69, 9.17) is 4.74 Å². The van der Waals surface area contributed by atoms with Crippen LogP contribution in [0, 0.1) is 0 Å². The van der Waals surface area contributed by atoms with Crippen LogP contribution in [0.1, 0.15) is 13.3 Å². The molecule has 0 aliphatic carbocycles. The molecule has 0 aromatic heterocycles. The molecular weight excluding hydrogens is 163 g/mol. The minimum atomic E-state index is -0.339. The smallest absolute Gasteiger partial charge is 0.333 e. The third kappa shape index (κ3) is 6.02. The Balaban J connectivity index is 3.25. The molecule has 0 saturated carbocycles. The van der Waals surface area contributed by atoms with Crippen molar-refractivity contribution in [2.24, 2.45) is 0 Å². The first-order chi connectivity index (χ1) is 5.18. The second-order valence-corrected chi connectivity index (χ2v) is 2.47. The Morgan fingerprint density at radius 1 is 1.55 bits per heavy atom. The zero-order chi connectivity index (χ0) is 8.69. The molecule has 0 bridgehead atoms. The molecule has 0 N–H and O–H groups in total. The summed E-state index contributed by atoms with van der Waals surface area (Å²) in [6.45, 7) is 6.03. The lowest BCUT2D eigenvalue weighted by molar-refractivity contribution is -0.139. The van der Waals surface area contributed by atoms with Crippen LogP contribution in [-0.4, -0.2) is 19.2 Å². The fourth-order valence-corrected chi connectivity index (χ4v) is 0.597. The van der Waals surface area contributed by atoms with Crippen molar-refractivity contribution in [1.82, 2.24) is 0 Å². The van der Waals surface area contributed by atoms with Gasteiger partial charge < -0.3 is 9.26 Å². The number of hydrogen-bond donors (Lipinski definition) is 0. The van der Waals surface area contributed by atoms with Gasteiger partial charge in [-0.15, -0.1) is 0 Å². The summed E-state index contributed by atoms with van der Waals surface area (Å²) in [6.07, 6.45) is 0.711. The lowest BCUT2D eigenvalue weighted by atomic mass is 10.4. The van der Waals surface area contributed by atoms with Crippen molar-refractivity contribution in [3.63, 3.8) is 0 Å². The van der Waals surface area contributed by atoms with E-state index in [2.05, 4.69) is 20.6 Å². The maximum Gasteiger partial charge on any atom is 0.333 e. The standard InChI is InChI=1S/C7H13O3P/c1-6(2)7(8)9-4-3-5-10-11/h1,3-5,11H2,2H3. The van der Waals surface area contributed by atoms with Gasteiger partial charge in [-0.05, 0) is 6.92 Å². The van der Waals surface area contributed by atoms with Crippen LogP contribution in [0.4, 0.5) is 0 Å². The molecule has 0 spiro atoms. The van der Waals surface area contributed by atoms with Gasteiger partial charge in [0.05, 0.1) is 13.2 Å². The molecule has 0 aliphatic rings. The van der Waals surface area contributed by atoms with Gasteiger partial charge in [0.1, 0.15) is 0 Å². The molecule has 1 atom stereocenters. The second kappa shape index (κ2) is 6.32. The minimum absolute atomic E-state index is 0.339. The molecule has 0 aromatic carbocycles. The van der Waals surface area contributed by atoms with E-state index in [1.807, 2.05) is 0 Å². The average Bonchev–Trinajstić information content (AvgIpc) is 1.97. The number of ether oxygens (including phenoxy) is 1. The largest absolute Gasteiger partial charge is 0.462 e. The van der Waals surface area contributed by atoms with Crippen molar-refractivity contribution in [3.05, 3.63) is 12.2 Å². The zero-order valence-corrected chi connectivity index (χ0v) is 7.79. The second-order valence-electron chi connectivity index (χ2n) is 2.14. The molecule has 64 valence electrons. The van der Waals surface area contributed by atoms with Crippen molar-refractivity contribution >= 4 is 15.4 Å². The van der Waals surface area contributed by atoms with Crippen LogP contribution >= 0.6 is 9.47 Å². The van der Waals surface area contributed by atoms with E-state index in [-0.39, 0.29) is 5.97 Å². The monoisotopic (exact) mass is 176 g/mol. The summed E-state index contributed by atoms with van der Waals surface area (Å²) in [6, 6.07) is 0. The summed E-state index contributed by atoms with van der Waals surface area (Å²) in [4.78, 5) is 10.7. The molecule has 0 heterocycles. The van der Waals surface area contributed by atoms with E-state index in [9.17, 15) is 4.79 Å². The van der Waals surface area contributed by atoms with Crippen LogP contribution in [0.15, 0.2) is 12.2 Å². The zero-order valence-electron chi connectivity index (χ0n) is 6.63. The molecule has 0 saturated heterocycles. The highest BCUT2D eigenvalue weighted by molar-refractivity contribution is 7.09. The van der Waals surface area contributed by atoms with Gasteiger partial charge in [-0.3, -0.25) is 0 Å². The first-order valence-corrected chi connectivity index (χ1v) is 3.80. The summed E-state index contributed by atoms with van der Waals surface area (Å²) in [5.74, 6) is -0.339. The molecule has 0 aromatic rings. The predicted octanol–water partition coefficient (Wildman–Crippen LogP) is 1.30. The fourth-order valence-electron chi connectivity index (χ4n) is 0.430. The van der Waals surface area contributed by atoms with Crippen molar-refractivity contribution < 1.29 is 14.1 Å². The Hall–Kier alpha value is -0.400. The normalized spacial score (nSPS) is 9.27. The first-order valence-electron chi connectivity index (χ1n) is 3.32. The summed E-state index contributed by atoms with van der Waals surface area (Å²) >= 11 is 0. The SMILES string of the molecule is C=C(C)C(=O)OCCCOP. The molecule has 3 nitrogen and oxygen atoms in total. The molecule has 4 heteroatoms. The van der Waals surface area contributed by atoms with Crippen molar-refractivity contribution in [2.45, 2.75) is 13.3 Å². The number of carbonyl (C=O) groups excluding carboxylic acids is 1. The van der Waals surface area contributed by atoms with Gasteiger partial charge in [-0.25, -0.2) is 4.79 Å². The quantitative estimate of drug-likeness (QED) is 0.274. The summed E-state index contributed by atoms with van der Waals surface area (Å²) in [7, 11) is 2.13. The molecule has 0 radical (unpaired) electrons. The number of carbonyl (C=O) groups is 1. The fraction of sp³-hybridized carbons (Fsp3) is 0.571. The molecule has 1 unspecified atom stereocenters. The molecule has 0 amide bonds. The highest BCUT2D eigenvalue weighted by Gasteiger charge is 2.00. The molecule has 11 heavy (non-hydrogen) atoms. The van der Waals surface area contributed by atoms with Gasteiger partial charge >= 0.3 is 5.97 Å². The molecule has 0 aliphatic heterocycles. The summed E-state index contributed by atoms with van der Waals surface area (Å²) in [5, 5.41) is 0. The molecule has 0 fully saturated rings. The van der Waals surface area contributed by atoms with Gasteiger partial charge in [0, 0.05) is 21.5 Å². The first kappa shape index (κ1) is 10.6. The van der Waals surface area contributed by atoms with Crippen LogP contribution < -0.4 is 0 Å². The topological polar surface area (TPSA) is 35.5 Å². The molecular formula is C7H13O3P. The van der Waals surface area contributed by atoms with Crippen molar-refractivity contribution in [3.8, 4) is 0 Å². The summed E-state index contributed by atoms with van der Waals surface area (Å²) < 4.78 is 9.46. The lowest BCUT2D eigenvalue weighted by Crippen LogP contribution is -2.07. The van der Waals surface area contributed by atoms with Crippen LogP contribution in [0.3, 0.4) is 0 Å². The van der Waals surface area contributed by atoms with Gasteiger partial charge in [0.15, 0.2) is 0 Å². The van der Waals surface area contributed by atoms with Crippen LogP contribution in [-0.2, 0) is 14.1 Å². The Morgan fingerprint density at radius 2 is 2.18 bits per heavy atom. The van der Waals surface area contributed by atoms with Crippen LogP contribution in [0.5, 0.6) is 0 Å². The van der Waals surface area contributed by atoms with E-state index in [1.54, 1.807) is 6.92 Å². The highest BCUT2D eigenvalue weighted by atomic mass is 31.0. The van der Waals surface area contributed by atoms with E-state index in [0.29, 0.717) is 25.2 Å². The van der Waals surface area contributed by atoms with Crippen molar-refractivity contribution in [2.75, 3.05) is 13.2 Å². The van der Waals surface area contributed by atoms with E-state index < -0.39 is 0 Å². The number of rotatable bonds is 5. The van der Waals surface area contributed by atoms with E-state index in [0.717, 1.165) is 0 Å². The molecule has 0 rings (SSSR count). The Labute approximate surface area is 69.0 Å². The third-order valence-electron chi connectivity index (χ3n) is 0.988. The summed E-state index contributed by atoms with van der Waals surface area (Å²) in [5.41, 5.74) is 0.428. The number of esters is 1. The van der Waals surface area contributed by atoms with Crippen LogP contribution in [0.25, 0.3) is 0 Å². The lowest BCUT2D eigenvalue weighted by Gasteiger charge is -2.02. The van der Waals surface area contributed by atoms with E-state index >= 15 is 0 Å².